The molecule has 4 atom stereocenters. The number of ketones is 2. The third-order valence-electron chi connectivity index (χ3n) is 14.6. The van der Waals surface area contributed by atoms with Crippen LogP contribution < -0.4 is 19.1 Å². The second kappa shape index (κ2) is 20.2. The molecule has 1 unspecified atom stereocenters. The van der Waals surface area contributed by atoms with Crippen molar-refractivity contribution in [3.63, 3.8) is 0 Å². The Morgan fingerprint density at radius 2 is 1.57 bits per heavy atom. The smallest absolute Gasteiger partial charge is 0.507 e. The van der Waals surface area contributed by atoms with Gasteiger partial charge in [0.25, 0.3) is 11.8 Å². The van der Waals surface area contributed by atoms with E-state index in [1.165, 1.54) is 4.90 Å². The summed E-state index contributed by atoms with van der Waals surface area (Å²) in [5, 5.41) is 16.8. The maximum atomic E-state index is 16.4. The maximum absolute atomic E-state index is 16.4. The van der Waals surface area contributed by atoms with Crippen LogP contribution >= 0.6 is 0 Å². The summed E-state index contributed by atoms with van der Waals surface area (Å²) < 4.78 is 75.1. The number of aliphatic hydroxyl groups is 1. The third kappa shape index (κ3) is 9.75. The number of hydrogen-bond donors (Lipinski definition) is 1. The predicted octanol–water partition coefficient (Wildman–Crippen LogP) is 11.1. The van der Waals surface area contributed by atoms with E-state index < -0.39 is 90.3 Å². The van der Waals surface area contributed by atoms with Crippen LogP contribution in [-0.4, -0.2) is 90.0 Å². The highest BCUT2D eigenvalue weighted by atomic mass is 28.4. The standard InChI is InChI=1S/C54H61F3N4O10Si/c1-9-12-25-60-30-41(63)61(51(60)66)38-28-40(69-54(55,56)57)36-26-35-27-37-45(59(23-10-2)24-11-3)48-44(50(58-70-48)68-32-34-21-17-14-18-22-34)39(62)29-53(37,71-72(7,8)52(4,5)6)49(65)42(35)46(64)43(36)47(38)67-31-33-19-15-13-16-20-33/h10-11,13-22,28,35,37,45,64H,2-3,9,12,23-27,29-32H2,1,4-8H3/t35-,37-,45-,53?/m0/s1. The molecule has 0 radical (unpaired) electrons. The zero-order valence-corrected chi connectivity index (χ0v) is 42.5. The largest absolute Gasteiger partial charge is 0.573 e. The molecule has 3 aromatic carbocycles. The van der Waals surface area contributed by atoms with E-state index in [1.54, 1.807) is 42.5 Å². The van der Waals surface area contributed by atoms with Crippen LogP contribution in [0.2, 0.25) is 18.1 Å². The number of rotatable bonds is 18. The van der Waals surface area contributed by atoms with Gasteiger partial charge in [-0.25, -0.2) is 9.69 Å². The Balaban J connectivity index is 1.38. The summed E-state index contributed by atoms with van der Waals surface area (Å²) in [4.78, 5) is 63.7. The van der Waals surface area contributed by atoms with Crippen LogP contribution in [0.5, 0.6) is 17.4 Å². The molecule has 1 saturated carbocycles. The highest BCUT2D eigenvalue weighted by Crippen LogP contribution is 2.60. The number of hydrogen-bond acceptors (Lipinski definition) is 12. The van der Waals surface area contributed by atoms with Crippen molar-refractivity contribution in [1.82, 2.24) is 15.0 Å². The zero-order valence-electron chi connectivity index (χ0n) is 41.5. The lowest BCUT2D eigenvalue weighted by Crippen LogP contribution is -2.63. The Bertz CT molecular complexity index is 2780. The molecule has 4 aliphatic rings. The number of carbonyl (C=O) groups excluding carboxylic acids is 4. The highest BCUT2D eigenvalue weighted by Gasteiger charge is 2.65. The molecule has 18 heteroatoms. The van der Waals surface area contributed by atoms with Gasteiger partial charge >= 0.3 is 12.4 Å². The predicted molar refractivity (Wildman–Crippen MR) is 265 cm³/mol. The van der Waals surface area contributed by atoms with Crippen LogP contribution in [0.4, 0.5) is 23.7 Å². The average Bonchev–Trinajstić information content (AvgIpc) is 3.84. The number of fused-ring (bicyclic) bond motifs is 4. The van der Waals surface area contributed by atoms with Crippen molar-refractivity contribution in [1.29, 1.82) is 0 Å². The monoisotopic (exact) mass is 1010 g/mol. The number of amides is 3. The Morgan fingerprint density at radius 3 is 2.15 bits per heavy atom. The van der Waals surface area contributed by atoms with Gasteiger partial charge in [-0.05, 0) is 59.6 Å². The summed E-state index contributed by atoms with van der Waals surface area (Å²) in [5.74, 6) is -5.93. The number of imide groups is 1. The molecule has 1 saturated heterocycles. The van der Waals surface area contributed by atoms with Gasteiger partial charge in [0, 0.05) is 49.2 Å². The summed E-state index contributed by atoms with van der Waals surface area (Å²) in [5.41, 5.74) is -1.78. The number of aromatic nitrogens is 1. The fourth-order valence-electron chi connectivity index (χ4n) is 10.2. The minimum Gasteiger partial charge on any atom is -0.507 e. The molecule has 1 aliphatic heterocycles. The first-order valence-electron chi connectivity index (χ1n) is 24.2. The number of carbonyl (C=O) groups is 4. The molecule has 382 valence electrons. The van der Waals surface area contributed by atoms with E-state index >= 15 is 9.59 Å². The summed E-state index contributed by atoms with van der Waals surface area (Å²) in [6.45, 7) is 19.8. The van der Waals surface area contributed by atoms with Crippen molar-refractivity contribution in [2.24, 2.45) is 11.8 Å². The van der Waals surface area contributed by atoms with E-state index in [4.69, 9.17) is 23.2 Å². The van der Waals surface area contributed by atoms with Crippen molar-refractivity contribution < 1.29 is 60.6 Å². The number of ether oxygens (including phenoxy) is 3. The van der Waals surface area contributed by atoms with E-state index in [1.807, 2.05) is 76.0 Å². The molecular formula is C54H61F3N4O10Si. The highest BCUT2D eigenvalue weighted by molar-refractivity contribution is 6.74. The van der Waals surface area contributed by atoms with Gasteiger partial charge < -0.3 is 33.2 Å². The number of alkyl halides is 3. The fourth-order valence-corrected chi connectivity index (χ4v) is 11.8. The third-order valence-corrected chi connectivity index (χ3v) is 19.1. The van der Waals surface area contributed by atoms with E-state index in [0.29, 0.717) is 18.4 Å². The number of anilines is 1. The van der Waals surface area contributed by atoms with Crippen LogP contribution in [0.25, 0.3) is 5.76 Å². The van der Waals surface area contributed by atoms with E-state index in [0.717, 1.165) is 16.5 Å². The van der Waals surface area contributed by atoms with Crippen LogP contribution in [0.1, 0.15) is 97.8 Å². The molecule has 72 heavy (non-hydrogen) atoms. The minimum atomic E-state index is -5.29. The molecule has 0 spiro atoms. The molecule has 3 aliphatic carbocycles. The first-order valence-corrected chi connectivity index (χ1v) is 27.1. The molecule has 2 fully saturated rings. The quantitative estimate of drug-likeness (QED) is 0.0571. The van der Waals surface area contributed by atoms with Gasteiger partial charge in [-0.15, -0.1) is 26.3 Å². The van der Waals surface area contributed by atoms with Gasteiger partial charge in [0.15, 0.2) is 31.4 Å². The molecule has 4 aromatic rings. The number of Topliss-reactive ketones (excluding diaryl/α,β-unsaturated/α-hetero) is 2. The number of nitrogens with zero attached hydrogens (tertiary/aromatic N) is 4. The summed E-state index contributed by atoms with van der Waals surface area (Å²) in [6, 6.07) is 17.2. The van der Waals surface area contributed by atoms with Crippen molar-refractivity contribution in [2.45, 2.75) is 109 Å². The Morgan fingerprint density at radius 1 is 0.944 bits per heavy atom. The summed E-state index contributed by atoms with van der Waals surface area (Å²) >= 11 is 0. The van der Waals surface area contributed by atoms with Gasteiger partial charge in [-0.2, -0.15) is 0 Å². The first kappa shape index (κ1) is 51.8. The van der Waals surface area contributed by atoms with Gasteiger partial charge in [0.1, 0.15) is 48.1 Å². The molecule has 1 N–H and O–H groups in total. The molecule has 3 amide bonds. The fraction of sp³-hybridized carbons (Fsp3) is 0.426. The van der Waals surface area contributed by atoms with Crippen molar-refractivity contribution in [3.05, 3.63) is 131 Å². The van der Waals surface area contributed by atoms with E-state index in [-0.39, 0.29) is 91.9 Å². The Kier molecular flexibility index (Phi) is 14.5. The zero-order chi connectivity index (χ0) is 51.9. The second-order valence-corrected chi connectivity index (χ2v) is 25.1. The lowest BCUT2D eigenvalue weighted by Gasteiger charge is -2.54. The molecule has 1 aromatic heterocycles. The molecule has 8 rings (SSSR count). The van der Waals surface area contributed by atoms with Gasteiger partial charge in [-0.3, -0.25) is 19.3 Å². The Labute approximate surface area is 418 Å². The molecule has 14 nitrogen and oxygen atoms in total. The second-order valence-electron chi connectivity index (χ2n) is 20.3. The van der Waals surface area contributed by atoms with Crippen LogP contribution in [0, 0.1) is 11.8 Å². The van der Waals surface area contributed by atoms with E-state index in [9.17, 15) is 27.9 Å². The Hall–Kier alpha value is -6.50. The topological polar surface area (TPSA) is 161 Å². The van der Waals surface area contributed by atoms with Crippen LogP contribution in [0.3, 0.4) is 0 Å². The first-order chi connectivity index (χ1) is 34.1. The van der Waals surface area contributed by atoms with Gasteiger partial charge in [0.2, 0.25) is 0 Å². The van der Waals surface area contributed by atoms with Crippen LogP contribution in [0.15, 0.2) is 102 Å². The van der Waals surface area contributed by atoms with Crippen molar-refractivity contribution in [2.75, 3.05) is 31.1 Å². The number of unbranched alkanes of at least 4 members (excludes halogenated alkanes) is 1. The summed E-state index contributed by atoms with van der Waals surface area (Å²) in [7, 11) is -3.14. The molecule has 0 bridgehead atoms. The van der Waals surface area contributed by atoms with Gasteiger partial charge in [-0.1, -0.05) is 107 Å². The number of aliphatic hydroxyl groups excluding tert-OH is 1. The van der Waals surface area contributed by atoms with E-state index in [2.05, 4.69) is 18.3 Å². The summed E-state index contributed by atoms with van der Waals surface area (Å²) in [6.07, 6.45) is -1.64. The van der Waals surface area contributed by atoms with Gasteiger partial charge in [0.05, 0.1) is 11.6 Å². The minimum absolute atomic E-state index is 0.00829. The van der Waals surface area contributed by atoms with Crippen LogP contribution in [-0.2, 0) is 33.6 Å². The van der Waals surface area contributed by atoms with Crippen molar-refractivity contribution in [3.8, 4) is 17.4 Å². The normalized spacial score (nSPS) is 21.3. The SMILES string of the molecule is C=CCN(CC=C)[C@@H]1c2onc(OCc3ccccc3)c2C(=O)CC2(O[Si](C)(C)C(C)(C)C)C(=O)C3=C(O)c4c(c(OC(F)(F)F)cc(N5C(=O)CN(CCCC)C5=O)c4OCc4ccccc4)C[C@H]3C[C@@H]12. The molecule has 2 heterocycles. The number of halogens is 3. The lowest BCUT2D eigenvalue weighted by molar-refractivity contribution is -0.275. The molecular weight excluding hydrogens is 950 g/mol. The number of urea groups is 1. The number of benzene rings is 3. The lowest BCUT2D eigenvalue weighted by atomic mass is 9.60. The van der Waals surface area contributed by atoms with Crippen molar-refractivity contribution >= 4 is 43.3 Å². The maximum Gasteiger partial charge on any atom is 0.573 e. The average molecular weight is 1010 g/mol.